The molecule has 26 heavy (non-hydrogen) atoms. The summed E-state index contributed by atoms with van der Waals surface area (Å²) in [5.74, 6) is -0.949. The van der Waals surface area contributed by atoms with Gasteiger partial charge in [0, 0.05) is 19.0 Å². The number of hydrogen-bond acceptors (Lipinski definition) is 3. The summed E-state index contributed by atoms with van der Waals surface area (Å²) in [6.45, 7) is 2.07. The van der Waals surface area contributed by atoms with Gasteiger partial charge < -0.3 is 9.64 Å². The van der Waals surface area contributed by atoms with Gasteiger partial charge in [-0.1, -0.05) is 30.3 Å². The lowest BCUT2D eigenvalue weighted by atomic mass is 9.88. The molecular formula is C21H20FNO3. The molecule has 0 bridgehead atoms. The van der Waals surface area contributed by atoms with Crippen molar-refractivity contribution < 1.29 is 18.7 Å². The van der Waals surface area contributed by atoms with Gasteiger partial charge in [-0.3, -0.25) is 4.79 Å². The predicted octanol–water partition coefficient (Wildman–Crippen LogP) is 3.49. The van der Waals surface area contributed by atoms with Crippen molar-refractivity contribution in [1.29, 1.82) is 0 Å². The Labute approximate surface area is 151 Å². The molecule has 2 aromatic carbocycles. The number of hydrogen-bond donors (Lipinski definition) is 0. The molecule has 0 aromatic heterocycles. The van der Waals surface area contributed by atoms with Crippen LogP contribution in [0.1, 0.15) is 41.3 Å². The number of benzene rings is 2. The van der Waals surface area contributed by atoms with E-state index in [4.69, 9.17) is 4.74 Å². The van der Waals surface area contributed by atoms with Gasteiger partial charge in [0.2, 0.25) is 0 Å². The molecule has 134 valence electrons. The molecule has 1 heterocycles. The molecule has 2 aromatic rings. The summed E-state index contributed by atoms with van der Waals surface area (Å²) in [5.41, 5.74) is 0.998. The number of nitrogens with zero attached hydrogens (tertiary/aromatic N) is 1. The topological polar surface area (TPSA) is 46.6 Å². The van der Waals surface area contributed by atoms with Crippen LogP contribution >= 0.6 is 0 Å². The first kappa shape index (κ1) is 16.8. The van der Waals surface area contributed by atoms with E-state index in [9.17, 15) is 14.0 Å². The zero-order valence-electron chi connectivity index (χ0n) is 14.6. The molecular weight excluding hydrogens is 333 g/mol. The first-order chi connectivity index (χ1) is 12.5. The Balaban J connectivity index is 1.60. The minimum Gasteiger partial charge on any atom is -0.445 e. The molecule has 0 spiro atoms. The molecule has 4 nitrogen and oxygen atoms in total. The van der Waals surface area contributed by atoms with E-state index in [1.807, 2.05) is 12.1 Å². The van der Waals surface area contributed by atoms with Gasteiger partial charge in [0.05, 0.1) is 5.56 Å². The number of rotatable bonds is 4. The van der Waals surface area contributed by atoms with Gasteiger partial charge in [-0.05, 0) is 49.1 Å². The van der Waals surface area contributed by atoms with Crippen molar-refractivity contribution in [3.63, 3.8) is 0 Å². The second kappa shape index (κ2) is 6.24. The highest BCUT2D eigenvalue weighted by atomic mass is 19.1. The zero-order valence-corrected chi connectivity index (χ0v) is 14.6. The van der Waals surface area contributed by atoms with Crippen LogP contribution < -0.4 is 0 Å². The highest BCUT2D eigenvalue weighted by molar-refractivity contribution is 5.97. The van der Waals surface area contributed by atoms with Gasteiger partial charge >= 0.3 is 5.97 Å². The van der Waals surface area contributed by atoms with Gasteiger partial charge in [0.1, 0.15) is 5.82 Å². The maximum atomic E-state index is 13.3. The van der Waals surface area contributed by atoms with Gasteiger partial charge in [-0.2, -0.15) is 0 Å². The third kappa shape index (κ3) is 3.09. The van der Waals surface area contributed by atoms with Crippen molar-refractivity contribution in [2.45, 2.75) is 44.4 Å². The van der Waals surface area contributed by atoms with Crippen LogP contribution in [0.25, 0.3) is 0 Å². The van der Waals surface area contributed by atoms with E-state index >= 15 is 0 Å². The van der Waals surface area contributed by atoms with Crippen LogP contribution in [0.4, 0.5) is 4.39 Å². The lowest BCUT2D eigenvalue weighted by Crippen LogP contribution is -2.53. The summed E-state index contributed by atoms with van der Waals surface area (Å²) in [4.78, 5) is 27.4. The summed E-state index contributed by atoms with van der Waals surface area (Å²) in [6.07, 6.45) is 2.24. The van der Waals surface area contributed by atoms with Crippen LogP contribution in [0.2, 0.25) is 0 Å². The Morgan fingerprint density at radius 2 is 1.88 bits per heavy atom. The Hall–Kier alpha value is -2.69. The van der Waals surface area contributed by atoms with E-state index in [1.54, 1.807) is 36.1 Å². The average molecular weight is 353 g/mol. The minimum atomic E-state index is -1.21. The largest absolute Gasteiger partial charge is 0.445 e. The second-order valence-corrected chi connectivity index (χ2v) is 7.24. The summed E-state index contributed by atoms with van der Waals surface area (Å²) < 4.78 is 18.7. The van der Waals surface area contributed by atoms with E-state index in [2.05, 4.69) is 0 Å². The van der Waals surface area contributed by atoms with Crippen LogP contribution in [0.5, 0.6) is 0 Å². The number of ether oxygens (including phenoxy) is 1. The molecule has 1 atom stereocenters. The Kier molecular flexibility index (Phi) is 4.02. The van der Waals surface area contributed by atoms with Gasteiger partial charge in [0.25, 0.3) is 5.91 Å². The van der Waals surface area contributed by atoms with Gasteiger partial charge in [-0.25, -0.2) is 9.18 Å². The summed E-state index contributed by atoms with van der Waals surface area (Å²) >= 11 is 0. The van der Waals surface area contributed by atoms with Crippen LogP contribution in [-0.2, 0) is 22.5 Å². The maximum Gasteiger partial charge on any atom is 0.339 e. The van der Waals surface area contributed by atoms with Crippen molar-refractivity contribution in [3.8, 4) is 0 Å². The number of carbonyl (C=O) groups excluding carboxylic acids is 2. The van der Waals surface area contributed by atoms with E-state index in [0.717, 1.165) is 24.0 Å². The highest BCUT2D eigenvalue weighted by Crippen LogP contribution is 2.35. The summed E-state index contributed by atoms with van der Waals surface area (Å²) in [5, 5.41) is 0. The smallest absolute Gasteiger partial charge is 0.339 e. The van der Waals surface area contributed by atoms with Crippen LogP contribution in [-0.4, -0.2) is 28.4 Å². The SMILES string of the molecule is CC1(C(=O)N(Cc2ccc(F)cc2)C2CC2)Cc2ccccc2C(=O)O1. The third-order valence-corrected chi connectivity index (χ3v) is 5.05. The number of amides is 1. The molecule has 0 N–H and O–H groups in total. The Morgan fingerprint density at radius 1 is 1.19 bits per heavy atom. The molecule has 4 rings (SSSR count). The average Bonchev–Trinajstić information content (AvgIpc) is 3.45. The first-order valence-electron chi connectivity index (χ1n) is 8.83. The third-order valence-electron chi connectivity index (χ3n) is 5.05. The summed E-state index contributed by atoms with van der Waals surface area (Å²) in [7, 11) is 0. The summed E-state index contributed by atoms with van der Waals surface area (Å²) in [6, 6.07) is 13.5. The van der Waals surface area contributed by atoms with Crippen molar-refractivity contribution in [2.24, 2.45) is 0 Å². The quantitative estimate of drug-likeness (QED) is 0.791. The molecule has 2 aliphatic rings. The van der Waals surface area contributed by atoms with E-state index in [-0.39, 0.29) is 17.8 Å². The maximum absolute atomic E-state index is 13.3. The van der Waals surface area contributed by atoms with Gasteiger partial charge in [0.15, 0.2) is 5.60 Å². The minimum absolute atomic E-state index is 0.153. The lowest BCUT2D eigenvalue weighted by molar-refractivity contribution is -0.152. The van der Waals surface area contributed by atoms with Gasteiger partial charge in [-0.15, -0.1) is 0 Å². The van der Waals surface area contributed by atoms with E-state index in [0.29, 0.717) is 18.5 Å². The van der Waals surface area contributed by atoms with Crippen LogP contribution in [0, 0.1) is 5.82 Å². The Morgan fingerprint density at radius 3 is 2.58 bits per heavy atom. The molecule has 1 aliphatic heterocycles. The lowest BCUT2D eigenvalue weighted by Gasteiger charge is -2.37. The number of esters is 1. The van der Waals surface area contributed by atoms with Crippen molar-refractivity contribution >= 4 is 11.9 Å². The second-order valence-electron chi connectivity index (χ2n) is 7.24. The highest BCUT2D eigenvalue weighted by Gasteiger charge is 2.47. The molecule has 1 unspecified atom stereocenters. The molecule has 1 amide bonds. The molecule has 0 saturated heterocycles. The fourth-order valence-corrected chi connectivity index (χ4v) is 3.50. The number of carbonyl (C=O) groups is 2. The number of halogens is 1. The fourth-order valence-electron chi connectivity index (χ4n) is 3.50. The van der Waals surface area contributed by atoms with E-state index in [1.165, 1.54) is 12.1 Å². The van der Waals surface area contributed by atoms with Crippen LogP contribution in [0.3, 0.4) is 0 Å². The molecule has 1 aliphatic carbocycles. The molecule has 1 fully saturated rings. The van der Waals surface area contributed by atoms with Crippen molar-refractivity contribution in [2.75, 3.05) is 0 Å². The normalized spacial score (nSPS) is 21.7. The molecule has 5 heteroatoms. The van der Waals surface area contributed by atoms with Crippen LogP contribution in [0.15, 0.2) is 48.5 Å². The molecule has 0 radical (unpaired) electrons. The van der Waals surface area contributed by atoms with Crippen molar-refractivity contribution in [3.05, 3.63) is 71.0 Å². The number of fused-ring (bicyclic) bond motifs is 1. The zero-order chi connectivity index (χ0) is 18.3. The molecule has 1 saturated carbocycles. The fraction of sp³-hybridized carbons (Fsp3) is 0.333. The first-order valence-corrected chi connectivity index (χ1v) is 8.83. The standard InChI is InChI=1S/C21H20FNO3/c1-21(12-15-4-2-3-5-18(15)19(24)26-21)20(25)23(17-10-11-17)13-14-6-8-16(22)9-7-14/h2-9,17H,10-13H2,1H3. The number of cyclic esters (lactones) is 1. The van der Waals surface area contributed by atoms with E-state index < -0.39 is 11.6 Å². The van der Waals surface area contributed by atoms with Crippen molar-refractivity contribution in [1.82, 2.24) is 4.90 Å². The monoisotopic (exact) mass is 353 g/mol. The Bertz CT molecular complexity index is 860. The predicted molar refractivity (Wildman–Crippen MR) is 93.9 cm³/mol.